The van der Waals surface area contributed by atoms with E-state index >= 15 is 0 Å². The summed E-state index contributed by atoms with van der Waals surface area (Å²) in [6.45, 7) is 6.35. The maximum atomic E-state index is 12.1. The van der Waals surface area contributed by atoms with E-state index in [2.05, 4.69) is 10.5 Å². The highest BCUT2D eigenvalue weighted by atomic mass is 16.5. The molecule has 0 aliphatic carbocycles. The first-order valence-electron chi connectivity index (χ1n) is 9.25. The van der Waals surface area contributed by atoms with Crippen LogP contribution in [-0.2, 0) is 4.79 Å². The Hall–Kier alpha value is -3.34. The second-order valence-corrected chi connectivity index (χ2v) is 6.48. The second kappa shape index (κ2) is 9.04. The zero-order chi connectivity index (χ0) is 19.9. The lowest BCUT2D eigenvalue weighted by Crippen LogP contribution is -2.24. The molecule has 1 amide bonds. The van der Waals surface area contributed by atoms with Gasteiger partial charge in [0.2, 0.25) is 0 Å². The summed E-state index contributed by atoms with van der Waals surface area (Å²) >= 11 is 0. The van der Waals surface area contributed by atoms with Crippen molar-refractivity contribution >= 4 is 22.9 Å². The number of nitrogens with zero attached hydrogens (tertiary/aromatic N) is 1. The first-order chi connectivity index (χ1) is 13.6. The summed E-state index contributed by atoms with van der Waals surface area (Å²) in [6, 6.07) is 17.7. The summed E-state index contributed by atoms with van der Waals surface area (Å²) < 4.78 is 11.3. The number of hydrogen-bond donors (Lipinski definition) is 1. The summed E-state index contributed by atoms with van der Waals surface area (Å²) in [5.41, 5.74) is 5.49. The van der Waals surface area contributed by atoms with Gasteiger partial charge in [0.05, 0.1) is 12.8 Å². The predicted octanol–water partition coefficient (Wildman–Crippen LogP) is 4.38. The molecule has 0 radical (unpaired) electrons. The zero-order valence-electron chi connectivity index (χ0n) is 16.4. The van der Waals surface area contributed by atoms with Crippen molar-refractivity contribution < 1.29 is 14.3 Å². The molecule has 144 valence electrons. The van der Waals surface area contributed by atoms with E-state index in [1.165, 1.54) is 0 Å². The van der Waals surface area contributed by atoms with Crippen molar-refractivity contribution in [2.45, 2.75) is 20.8 Å². The minimum atomic E-state index is -0.325. The number of nitrogens with one attached hydrogen (secondary N) is 1. The molecule has 0 fully saturated rings. The fraction of sp³-hybridized carbons (Fsp3) is 0.217. The third kappa shape index (κ3) is 4.68. The molecule has 0 spiro atoms. The van der Waals surface area contributed by atoms with E-state index in [4.69, 9.17) is 9.47 Å². The molecule has 0 saturated heterocycles. The quantitative estimate of drug-likeness (QED) is 0.492. The first kappa shape index (κ1) is 19.4. The van der Waals surface area contributed by atoms with Crippen LogP contribution < -0.4 is 14.9 Å². The van der Waals surface area contributed by atoms with E-state index in [9.17, 15) is 4.79 Å². The van der Waals surface area contributed by atoms with Gasteiger partial charge in [0, 0.05) is 5.56 Å². The summed E-state index contributed by atoms with van der Waals surface area (Å²) in [5.74, 6) is 1.09. The van der Waals surface area contributed by atoms with Crippen LogP contribution in [0.4, 0.5) is 0 Å². The predicted molar refractivity (Wildman–Crippen MR) is 112 cm³/mol. The molecule has 0 aliphatic rings. The summed E-state index contributed by atoms with van der Waals surface area (Å²) in [7, 11) is 0. The van der Waals surface area contributed by atoms with Gasteiger partial charge in [-0.1, -0.05) is 48.0 Å². The lowest BCUT2D eigenvalue weighted by molar-refractivity contribution is -0.123. The van der Waals surface area contributed by atoms with Gasteiger partial charge in [0.25, 0.3) is 5.91 Å². The topological polar surface area (TPSA) is 59.9 Å². The monoisotopic (exact) mass is 376 g/mol. The van der Waals surface area contributed by atoms with Crippen LogP contribution >= 0.6 is 0 Å². The number of carbonyl (C=O) groups is 1. The summed E-state index contributed by atoms with van der Waals surface area (Å²) in [5, 5.41) is 6.19. The molecule has 0 heterocycles. The molecule has 28 heavy (non-hydrogen) atoms. The standard InChI is InChI=1S/C23H24N2O3/c1-4-27-22-12-10-18-7-5-6-8-19(18)20(22)14-24-25-23(26)15-28-21-11-9-16(2)13-17(21)3/h5-14H,4,15H2,1-3H3,(H,25,26). The number of aryl methyl sites for hydroxylation is 2. The molecule has 0 aromatic heterocycles. The molecule has 0 bridgehead atoms. The lowest BCUT2D eigenvalue weighted by atomic mass is 10.0. The molecule has 1 N–H and O–H groups in total. The number of ether oxygens (including phenoxy) is 2. The molecule has 0 saturated carbocycles. The minimum absolute atomic E-state index is 0.102. The number of fused-ring (bicyclic) bond motifs is 1. The summed E-state index contributed by atoms with van der Waals surface area (Å²) in [4.78, 5) is 12.1. The van der Waals surface area contributed by atoms with E-state index in [-0.39, 0.29) is 12.5 Å². The van der Waals surface area contributed by atoms with E-state index in [1.54, 1.807) is 6.21 Å². The van der Waals surface area contributed by atoms with Crippen molar-refractivity contribution in [2.75, 3.05) is 13.2 Å². The fourth-order valence-electron chi connectivity index (χ4n) is 3.00. The average molecular weight is 376 g/mol. The van der Waals surface area contributed by atoms with E-state index in [0.29, 0.717) is 12.4 Å². The Bertz CT molecular complexity index is 1010. The highest BCUT2D eigenvalue weighted by molar-refractivity contribution is 6.02. The molecule has 3 aromatic rings. The van der Waals surface area contributed by atoms with Gasteiger partial charge in [-0.05, 0) is 49.2 Å². The Morgan fingerprint density at radius 2 is 1.82 bits per heavy atom. The van der Waals surface area contributed by atoms with Gasteiger partial charge in [-0.15, -0.1) is 0 Å². The third-order valence-electron chi connectivity index (χ3n) is 4.30. The van der Waals surface area contributed by atoms with Crippen LogP contribution in [0, 0.1) is 13.8 Å². The van der Waals surface area contributed by atoms with Gasteiger partial charge < -0.3 is 9.47 Å². The Balaban J connectivity index is 1.68. The average Bonchev–Trinajstić information content (AvgIpc) is 2.69. The van der Waals surface area contributed by atoms with Gasteiger partial charge in [-0.3, -0.25) is 4.79 Å². The normalized spacial score (nSPS) is 11.0. The maximum Gasteiger partial charge on any atom is 0.277 e. The highest BCUT2D eigenvalue weighted by Crippen LogP contribution is 2.26. The van der Waals surface area contributed by atoms with Crippen molar-refractivity contribution in [2.24, 2.45) is 5.10 Å². The van der Waals surface area contributed by atoms with Crippen LogP contribution in [0.25, 0.3) is 10.8 Å². The van der Waals surface area contributed by atoms with Crippen LogP contribution in [0.5, 0.6) is 11.5 Å². The van der Waals surface area contributed by atoms with Crippen LogP contribution in [0.2, 0.25) is 0 Å². The number of rotatable bonds is 7. The molecular formula is C23H24N2O3. The number of carbonyl (C=O) groups excluding carboxylic acids is 1. The lowest BCUT2D eigenvalue weighted by Gasteiger charge is -2.10. The van der Waals surface area contributed by atoms with E-state index < -0.39 is 0 Å². The van der Waals surface area contributed by atoms with Crippen molar-refractivity contribution in [1.29, 1.82) is 0 Å². The van der Waals surface area contributed by atoms with Crippen LogP contribution in [0.3, 0.4) is 0 Å². The smallest absolute Gasteiger partial charge is 0.277 e. The van der Waals surface area contributed by atoms with Gasteiger partial charge in [-0.25, -0.2) is 5.43 Å². The molecule has 5 heteroatoms. The number of amides is 1. The Labute approximate surface area is 165 Å². The Kier molecular flexibility index (Phi) is 6.27. The summed E-state index contributed by atoms with van der Waals surface area (Å²) in [6.07, 6.45) is 1.61. The second-order valence-electron chi connectivity index (χ2n) is 6.48. The van der Waals surface area contributed by atoms with Gasteiger partial charge in [0.15, 0.2) is 6.61 Å². The number of benzene rings is 3. The molecule has 5 nitrogen and oxygen atoms in total. The van der Waals surface area contributed by atoms with Crippen molar-refractivity contribution in [3.63, 3.8) is 0 Å². The van der Waals surface area contributed by atoms with Gasteiger partial charge in [-0.2, -0.15) is 5.10 Å². The zero-order valence-corrected chi connectivity index (χ0v) is 16.4. The van der Waals surface area contributed by atoms with E-state index in [0.717, 1.165) is 33.2 Å². The minimum Gasteiger partial charge on any atom is -0.493 e. The Morgan fingerprint density at radius 1 is 1.04 bits per heavy atom. The largest absolute Gasteiger partial charge is 0.493 e. The van der Waals surface area contributed by atoms with Gasteiger partial charge in [0.1, 0.15) is 11.5 Å². The molecule has 3 aromatic carbocycles. The van der Waals surface area contributed by atoms with Gasteiger partial charge >= 0.3 is 0 Å². The molecule has 3 rings (SSSR count). The number of hydrogen-bond acceptors (Lipinski definition) is 4. The van der Waals surface area contributed by atoms with Crippen LogP contribution in [0.1, 0.15) is 23.6 Å². The van der Waals surface area contributed by atoms with Crippen LogP contribution in [-0.4, -0.2) is 25.3 Å². The SMILES string of the molecule is CCOc1ccc2ccccc2c1C=NNC(=O)COc1ccc(C)cc1C. The molecule has 0 unspecified atom stereocenters. The first-order valence-corrected chi connectivity index (χ1v) is 9.25. The van der Waals surface area contributed by atoms with E-state index in [1.807, 2.05) is 75.4 Å². The highest BCUT2D eigenvalue weighted by Gasteiger charge is 2.08. The number of hydrazone groups is 1. The molecular weight excluding hydrogens is 352 g/mol. The van der Waals surface area contributed by atoms with Crippen molar-refractivity contribution in [1.82, 2.24) is 5.43 Å². The third-order valence-corrected chi connectivity index (χ3v) is 4.30. The molecule has 0 atom stereocenters. The molecule has 0 aliphatic heterocycles. The van der Waals surface area contributed by atoms with Crippen LogP contribution in [0.15, 0.2) is 59.7 Å². The van der Waals surface area contributed by atoms with Crippen molar-refractivity contribution in [3.05, 3.63) is 71.3 Å². The van der Waals surface area contributed by atoms with Crippen molar-refractivity contribution in [3.8, 4) is 11.5 Å². The maximum absolute atomic E-state index is 12.1. The Morgan fingerprint density at radius 3 is 2.61 bits per heavy atom. The fourth-order valence-corrected chi connectivity index (χ4v) is 3.00.